The van der Waals surface area contributed by atoms with Gasteiger partial charge in [0.05, 0.1) is 0 Å². The molecule has 0 saturated carbocycles. The Balaban J connectivity index is 3.85. The zero-order valence-corrected chi connectivity index (χ0v) is 6.98. The van der Waals surface area contributed by atoms with Gasteiger partial charge >= 0.3 is 5.97 Å². The molecular formula is C6H11NO5. The number of carbonyl (C=O) groups excluding carboxylic acids is 1. The summed E-state index contributed by atoms with van der Waals surface area (Å²) in [6.45, 7) is 2.58. The number of esters is 1. The third kappa shape index (κ3) is 5.60. The highest BCUT2D eigenvalue weighted by Crippen LogP contribution is 1.95. The SMILES string of the molecule is CCO[C@@H](C[N+](=O)[O-])OC(C)=O. The van der Waals surface area contributed by atoms with Gasteiger partial charge in [-0.05, 0) is 6.92 Å². The first-order valence-corrected chi connectivity index (χ1v) is 3.47. The van der Waals surface area contributed by atoms with Crippen molar-refractivity contribution in [3.63, 3.8) is 0 Å². The lowest BCUT2D eigenvalue weighted by Gasteiger charge is -2.11. The summed E-state index contributed by atoms with van der Waals surface area (Å²) in [5, 5.41) is 10.0. The molecule has 0 heterocycles. The summed E-state index contributed by atoms with van der Waals surface area (Å²) in [4.78, 5) is 19.8. The molecule has 70 valence electrons. The van der Waals surface area contributed by atoms with Crippen molar-refractivity contribution in [3.8, 4) is 0 Å². The van der Waals surface area contributed by atoms with Crippen LogP contribution < -0.4 is 0 Å². The monoisotopic (exact) mass is 177 g/mol. The molecule has 12 heavy (non-hydrogen) atoms. The number of nitrogens with zero attached hydrogens (tertiary/aromatic N) is 1. The molecular weight excluding hydrogens is 166 g/mol. The average molecular weight is 177 g/mol. The summed E-state index contributed by atoms with van der Waals surface area (Å²) in [7, 11) is 0. The Morgan fingerprint density at radius 3 is 2.58 bits per heavy atom. The van der Waals surface area contributed by atoms with E-state index in [1.165, 1.54) is 6.92 Å². The van der Waals surface area contributed by atoms with Gasteiger partial charge in [-0.15, -0.1) is 0 Å². The molecule has 6 nitrogen and oxygen atoms in total. The minimum Gasteiger partial charge on any atom is -0.429 e. The third-order valence-electron chi connectivity index (χ3n) is 0.948. The number of hydrogen-bond donors (Lipinski definition) is 0. The van der Waals surface area contributed by atoms with Crippen LogP contribution in [-0.4, -0.2) is 30.3 Å². The van der Waals surface area contributed by atoms with Gasteiger partial charge in [0.1, 0.15) is 0 Å². The van der Waals surface area contributed by atoms with Crippen molar-refractivity contribution in [1.82, 2.24) is 0 Å². The van der Waals surface area contributed by atoms with Gasteiger partial charge in [0, 0.05) is 18.5 Å². The summed E-state index contributed by atoms with van der Waals surface area (Å²) >= 11 is 0. The molecule has 6 heteroatoms. The van der Waals surface area contributed by atoms with E-state index in [9.17, 15) is 14.9 Å². The molecule has 0 amide bonds. The molecule has 0 fully saturated rings. The highest BCUT2D eigenvalue weighted by atomic mass is 16.7. The molecule has 0 aromatic rings. The maximum absolute atomic E-state index is 10.4. The summed E-state index contributed by atoms with van der Waals surface area (Å²) in [6.07, 6.45) is -1.07. The fourth-order valence-electron chi connectivity index (χ4n) is 0.617. The van der Waals surface area contributed by atoms with Crippen molar-refractivity contribution < 1.29 is 19.2 Å². The summed E-state index contributed by atoms with van der Waals surface area (Å²) in [5.74, 6) is -0.588. The Morgan fingerprint density at radius 2 is 2.25 bits per heavy atom. The van der Waals surface area contributed by atoms with Gasteiger partial charge in [0.25, 0.3) is 12.8 Å². The number of rotatable bonds is 5. The lowest BCUT2D eigenvalue weighted by atomic mass is 10.6. The van der Waals surface area contributed by atoms with Crippen LogP contribution in [-0.2, 0) is 14.3 Å². The molecule has 0 aliphatic rings. The van der Waals surface area contributed by atoms with Crippen LogP contribution in [0.2, 0.25) is 0 Å². The minimum atomic E-state index is -1.07. The summed E-state index contributed by atoms with van der Waals surface area (Å²) < 4.78 is 9.28. The van der Waals surface area contributed by atoms with Crippen molar-refractivity contribution in [2.24, 2.45) is 0 Å². The van der Waals surface area contributed by atoms with Crippen LogP contribution in [0.1, 0.15) is 13.8 Å². The Morgan fingerprint density at radius 1 is 1.67 bits per heavy atom. The molecule has 0 unspecified atom stereocenters. The van der Waals surface area contributed by atoms with Crippen molar-refractivity contribution in [2.75, 3.05) is 13.2 Å². The first-order valence-electron chi connectivity index (χ1n) is 3.47. The van der Waals surface area contributed by atoms with Crippen LogP contribution >= 0.6 is 0 Å². The lowest BCUT2D eigenvalue weighted by molar-refractivity contribution is -0.502. The predicted octanol–water partition coefficient (Wildman–Crippen LogP) is 0.189. The fourth-order valence-corrected chi connectivity index (χ4v) is 0.617. The molecule has 0 rings (SSSR count). The van der Waals surface area contributed by atoms with Crippen LogP contribution in [0, 0.1) is 10.1 Å². The normalized spacial score (nSPS) is 12.2. The van der Waals surface area contributed by atoms with Crippen molar-refractivity contribution >= 4 is 5.97 Å². The molecule has 0 bridgehead atoms. The Bertz CT molecular complexity index is 153. The van der Waals surface area contributed by atoms with Gasteiger partial charge in [0.15, 0.2) is 0 Å². The van der Waals surface area contributed by atoms with Crippen molar-refractivity contribution in [2.45, 2.75) is 20.1 Å². The molecule has 1 atom stereocenters. The van der Waals surface area contributed by atoms with Crippen LogP contribution in [0.3, 0.4) is 0 Å². The Labute approximate surface area is 69.6 Å². The fraction of sp³-hybridized carbons (Fsp3) is 0.833. The van der Waals surface area contributed by atoms with Crippen LogP contribution in [0.4, 0.5) is 0 Å². The highest BCUT2D eigenvalue weighted by molar-refractivity contribution is 5.66. The smallest absolute Gasteiger partial charge is 0.305 e. The van der Waals surface area contributed by atoms with Crippen molar-refractivity contribution in [1.29, 1.82) is 0 Å². The minimum absolute atomic E-state index is 0.270. The van der Waals surface area contributed by atoms with Gasteiger partial charge in [-0.2, -0.15) is 0 Å². The van der Waals surface area contributed by atoms with Crippen molar-refractivity contribution in [3.05, 3.63) is 10.1 Å². The Hall–Kier alpha value is -1.17. The maximum atomic E-state index is 10.4. The highest BCUT2D eigenvalue weighted by Gasteiger charge is 2.17. The van der Waals surface area contributed by atoms with Crippen LogP contribution in [0.5, 0.6) is 0 Å². The quantitative estimate of drug-likeness (QED) is 0.259. The largest absolute Gasteiger partial charge is 0.429 e. The van der Waals surface area contributed by atoms with E-state index in [4.69, 9.17) is 4.74 Å². The Kier molecular flexibility index (Phi) is 4.94. The molecule has 0 aromatic heterocycles. The first kappa shape index (κ1) is 10.8. The second-order valence-corrected chi connectivity index (χ2v) is 2.01. The molecule has 0 aliphatic carbocycles. The summed E-state index contributed by atoms with van der Waals surface area (Å²) in [5.41, 5.74) is 0. The second kappa shape index (κ2) is 5.48. The summed E-state index contributed by atoms with van der Waals surface area (Å²) in [6, 6.07) is 0. The predicted molar refractivity (Wildman–Crippen MR) is 39.0 cm³/mol. The van der Waals surface area contributed by atoms with E-state index >= 15 is 0 Å². The van der Waals surface area contributed by atoms with E-state index in [-0.39, 0.29) is 6.61 Å². The first-order chi connectivity index (χ1) is 5.56. The van der Waals surface area contributed by atoms with E-state index in [0.29, 0.717) is 0 Å². The molecule has 0 aliphatic heterocycles. The zero-order valence-electron chi connectivity index (χ0n) is 6.98. The van der Waals surface area contributed by atoms with E-state index in [0.717, 1.165) is 0 Å². The second-order valence-electron chi connectivity index (χ2n) is 2.01. The van der Waals surface area contributed by atoms with Gasteiger partial charge in [-0.25, -0.2) is 0 Å². The molecule has 0 radical (unpaired) electrons. The zero-order chi connectivity index (χ0) is 9.56. The number of ether oxygens (including phenoxy) is 2. The number of hydrogen-bond acceptors (Lipinski definition) is 5. The number of carbonyl (C=O) groups is 1. The van der Waals surface area contributed by atoms with E-state index in [1.54, 1.807) is 6.92 Å². The number of nitro groups is 1. The molecule has 0 spiro atoms. The van der Waals surface area contributed by atoms with E-state index in [1.807, 2.05) is 0 Å². The lowest BCUT2D eigenvalue weighted by Crippen LogP contribution is -2.28. The maximum Gasteiger partial charge on any atom is 0.305 e. The average Bonchev–Trinajstić information content (AvgIpc) is 1.84. The standard InChI is InChI=1S/C6H11NO5/c1-3-11-6(4-7(9)10)12-5(2)8/h6H,3-4H2,1-2H3/t6-/m1/s1. The van der Waals surface area contributed by atoms with Gasteiger partial charge < -0.3 is 9.47 Å². The molecule has 0 aromatic carbocycles. The van der Waals surface area contributed by atoms with Gasteiger partial charge in [-0.1, -0.05) is 0 Å². The molecule has 0 N–H and O–H groups in total. The van der Waals surface area contributed by atoms with Crippen LogP contribution in [0.25, 0.3) is 0 Å². The van der Waals surface area contributed by atoms with E-state index < -0.39 is 23.7 Å². The topological polar surface area (TPSA) is 78.7 Å². The third-order valence-corrected chi connectivity index (χ3v) is 0.948. The van der Waals surface area contributed by atoms with Gasteiger partial charge in [-0.3, -0.25) is 14.9 Å². The molecule has 0 saturated heterocycles. The van der Waals surface area contributed by atoms with Gasteiger partial charge in [0.2, 0.25) is 0 Å². The van der Waals surface area contributed by atoms with Crippen LogP contribution in [0.15, 0.2) is 0 Å². The van der Waals surface area contributed by atoms with E-state index in [2.05, 4.69) is 4.74 Å².